The number of nitrogens with one attached hydrogen (secondary N) is 1. The fourth-order valence-corrected chi connectivity index (χ4v) is 3.42. The molecule has 0 aliphatic carbocycles. The van der Waals surface area contributed by atoms with E-state index >= 15 is 0 Å². The van der Waals surface area contributed by atoms with Gasteiger partial charge in [0.15, 0.2) is 5.82 Å². The number of rotatable bonds is 6. The van der Waals surface area contributed by atoms with Gasteiger partial charge in [-0.25, -0.2) is 19.3 Å². The minimum absolute atomic E-state index is 0.0139. The molecule has 1 amide bonds. The van der Waals surface area contributed by atoms with Crippen LogP contribution in [0.5, 0.6) is 0 Å². The van der Waals surface area contributed by atoms with Crippen LogP contribution in [0, 0.1) is 5.92 Å². The maximum atomic E-state index is 12.6. The standard InChI is InChI=1S/C19H22N8O2/c28-18-5-1-6-24-27(18)11-8-20-19(29)15-4-2-9-25(13-15)16-12-17(22-14-21-16)26-10-3-7-23-26/h1,3,5-7,10,12,14-15H,2,4,8-9,11,13H2,(H,20,29). The van der Waals surface area contributed by atoms with Gasteiger partial charge in [-0.2, -0.15) is 10.2 Å². The van der Waals surface area contributed by atoms with Crippen molar-refractivity contribution in [3.05, 3.63) is 59.5 Å². The molecule has 0 spiro atoms. The second kappa shape index (κ2) is 8.63. The van der Waals surface area contributed by atoms with E-state index in [1.54, 1.807) is 23.1 Å². The summed E-state index contributed by atoms with van der Waals surface area (Å²) < 4.78 is 3.02. The van der Waals surface area contributed by atoms with Crippen LogP contribution in [-0.4, -0.2) is 55.1 Å². The smallest absolute Gasteiger partial charge is 0.266 e. The van der Waals surface area contributed by atoms with Gasteiger partial charge in [-0.3, -0.25) is 9.59 Å². The number of aromatic nitrogens is 6. The van der Waals surface area contributed by atoms with Gasteiger partial charge in [-0.15, -0.1) is 0 Å². The van der Waals surface area contributed by atoms with Crippen molar-refractivity contribution in [2.45, 2.75) is 19.4 Å². The third kappa shape index (κ3) is 4.48. The number of anilines is 1. The Bertz CT molecular complexity index is 1020. The molecule has 4 heterocycles. The van der Waals surface area contributed by atoms with Crippen LogP contribution >= 0.6 is 0 Å². The van der Waals surface area contributed by atoms with Crippen molar-refractivity contribution in [2.24, 2.45) is 5.92 Å². The summed E-state index contributed by atoms with van der Waals surface area (Å²) in [5.74, 6) is 1.32. The Labute approximate surface area is 167 Å². The molecule has 0 saturated carbocycles. The average Bonchev–Trinajstić information content (AvgIpc) is 3.30. The molecule has 1 aliphatic heterocycles. The molecule has 1 atom stereocenters. The average molecular weight is 394 g/mol. The van der Waals surface area contributed by atoms with Crippen LogP contribution < -0.4 is 15.8 Å². The first-order valence-electron chi connectivity index (χ1n) is 9.57. The molecule has 1 N–H and O–H groups in total. The van der Waals surface area contributed by atoms with Crippen molar-refractivity contribution in [3.8, 4) is 5.82 Å². The quantitative estimate of drug-likeness (QED) is 0.638. The Morgan fingerprint density at radius 2 is 2.03 bits per heavy atom. The molecule has 29 heavy (non-hydrogen) atoms. The van der Waals surface area contributed by atoms with E-state index in [2.05, 4.69) is 30.4 Å². The zero-order valence-electron chi connectivity index (χ0n) is 15.9. The van der Waals surface area contributed by atoms with E-state index in [0.29, 0.717) is 25.5 Å². The summed E-state index contributed by atoms with van der Waals surface area (Å²) >= 11 is 0. The lowest BCUT2D eigenvalue weighted by atomic mass is 9.97. The van der Waals surface area contributed by atoms with Crippen molar-refractivity contribution in [3.63, 3.8) is 0 Å². The lowest BCUT2D eigenvalue weighted by Crippen LogP contribution is -2.44. The minimum Gasteiger partial charge on any atom is -0.356 e. The van der Waals surface area contributed by atoms with Gasteiger partial charge < -0.3 is 10.2 Å². The van der Waals surface area contributed by atoms with Gasteiger partial charge in [-0.1, -0.05) is 0 Å². The Morgan fingerprint density at radius 3 is 2.86 bits per heavy atom. The summed E-state index contributed by atoms with van der Waals surface area (Å²) in [4.78, 5) is 35.0. The number of hydrogen-bond donors (Lipinski definition) is 1. The summed E-state index contributed by atoms with van der Waals surface area (Å²) in [6.07, 6.45) is 8.32. The van der Waals surface area contributed by atoms with Crippen molar-refractivity contribution in [2.75, 3.05) is 24.5 Å². The molecular formula is C19H22N8O2. The molecule has 0 bridgehead atoms. The van der Waals surface area contributed by atoms with Gasteiger partial charge in [0.05, 0.1) is 12.5 Å². The van der Waals surface area contributed by atoms with Crippen LogP contribution in [0.2, 0.25) is 0 Å². The second-order valence-electron chi connectivity index (χ2n) is 6.85. The first kappa shape index (κ1) is 18.8. The van der Waals surface area contributed by atoms with E-state index in [-0.39, 0.29) is 17.4 Å². The van der Waals surface area contributed by atoms with Gasteiger partial charge in [0.25, 0.3) is 5.56 Å². The molecule has 3 aromatic heterocycles. The lowest BCUT2D eigenvalue weighted by molar-refractivity contribution is -0.125. The number of nitrogens with zero attached hydrogens (tertiary/aromatic N) is 7. The first-order valence-corrected chi connectivity index (χ1v) is 9.57. The van der Waals surface area contributed by atoms with Crippen LogP contribution in [0.3, 0.4) is 0 Å². The fraction of sp³-hybridized carbons (Fsp3) is 0.368. The zero-order valence-corrected chi connectivity index (χ0v) is 15.9. The molecule has 3 aromatic rings. The number of hydrogen-bond acceptors (Lipinski definition) is 7. The van der Waals surface area contributed by atoms with E-state index in [0.717, 1.165) is 25.2 Å². The normalized spacial score (nSPS) is 16.6. The van der Waals surface area contributed by atoms with Crippen LogP contribution in [0.4, 0.5) is 5.82 Å². The highest BCUT2D eigenvalue weighted by Crippen LogP contribution is 2.22. The molecule has 1 saturated heterocycles. The number of carbonyl (C=O) groups excluding carboxylic acids is 1. The van der Waals surface area contributed by atoms with Crippen LogP contribution in [0.15, 0.2) is 54.0 Å². The SMILES string of the molecule is O=C(NCCn1ncccc1=O)C1CCCN(c2cc(-n3cccn3)ncn2)C1. The third-order valence-electron chi connectivity index (χ3n) is 4.90. The predicted octanol–water partition coefficient (Wildman–Crippen LogP) is 0.252. The van der Waals surface area contributed by atoms with Crippen molar-refractivity contribution >= 4 is 11.7 Å². The highest BCUT2D eigenvalue weighted by Gasteiger charge is 2.26. The van der Waals surface area contributed by atoms with Crippen LogP contribution in [0.1, 0.15) is 12.8 Å². The highest BCUT2D eigenvalue weighted by atomic mass is 16.2. The molecule has 1 unspecified atom stereocenters. The van der Waals surface area contributed by atoms with Crippen molar-refractivity contribution in [1.82, 2.24) is 34.8 Å². The van der Waals surface area contributed by atoms with Gasteiger partial charge >= 0.3 is 0 Å². The molecule has 1 aliphatic rings. The summed E-state index contributed by atoms with van der Waals surface area (Å²) in [6.45, 7) is 2.14. The number of piperidine rings is 1. The first-order chi connectivity index (χ1) is 14.2. The number of amides is 1. The molecule has 10 heteroatoms. The monoisotopic (exact) mass is 394 g/mol. The van der Waals surface area contributed by atoms with Gasteiger partial charge in [-0.05, 0) is 25.0 Å². The van der Waals surface area contributed by atoms with E-state index < -0.39 is 0 Å². The zero-order chi connectivity index (χ0) is 20.1. The third-order valence-corrected chi connectivity index (χ3v) is 4.90. The Kier molecular flexibility index (Phi) is 5.59. The second-order valence-corrected chi connectivity index (χ2v) is 6.85. The molecule has 0 aromatic carbocycles. The van der Waals surface area contributed by atoms with E-state index in [1.807, 2.05) is 18.3 Å². The minimum atomic E-state index is -0.178. The summed E-state index contributed by atoms with van der Waals surface area (Å²) in [6, 6.07) is 6.76. The largest absolute Gasteiger partial charge is 0.356 e. The lowest BCUT2D eigenvalue weighted by Gasteiger charge is -2.32. The van der Waals surface area contributed by atoms with E-state index in [4.69, 9.17) is 0 Å². The predicted molar refractivity (Wildman–Crippen MR) is 106 cm³/mol. The maximum Gasteiger partial charge on any atom is 0.266 e. The summed E-state index contributed by atoms with van der Waals surface area (Å²) in [5.41, 5.74) is -0.178. The van der Waals surface area contributed by atoms with Gasteiger partial charge in [0, 0.05) is 50.4 Å². The van der Waals surface area contributed by atoms with Crippen LogP contribution in [0.25, 0.3) is 5.82 Å². The van der Waals surface area contributed by atoms with Crippen LogP contribution in [-0.2, 0) is 11.3 Å². The highest BCUT2D eigenvalue weighted by molar-refractivity contribution is 5.79. The topological polar surface area (TPSA) is 111 Å². The van der Waals surface area contributed by atoms with Crippen molar-refractivity contribution < 1.29 is 4.79 Å². The van der Waals surface area contributed by atoms with Gasteiger partial charge in [0.2, 0.25) is 5.91 Å². The number of carbonyl (C=O) groups is 1. The Morgan fingerprint density at radius 1 is 1.17 bits per heavy atom. The molecule has 4 rings (SSSR count). The van der Waals surface area contributed by atoms with Gasteiger partial charge in [0.1, 0.15) is 12.1 Å². The molecule has 150 valence electrons. The van der Waals surface area contributed by atoms with E-state index in [1.165, 1.54) is 17.1 Å². The molecular weight excluding hydrogens is 372 g/mol. The Hall–Kier alpha value is -3.56. The maximum absolute atomic E-state index is 12.6. The van der Waals surface area contributed by atoms with Crippen molar-refractivity contribution in [1.29, 1.82) is 0 Å². The summed E-state index contributed by atoms with van der Waals surface area (Å²) in [7, 11) is 0. The molecule has 1 fully saturated rings. The van der Waals surface area contributed by atoms with E-state index in [9.17, 15) is 9.59 Å². The Balaban J connectivity index is 1.36. The molecule has 10 nitrogen and oxygen atoms in total. The molecule has 0 radical (unpaired) electrons. The summed E-state index contributed by atoms with van der Waals surface area (Å²) in [5, 5.41) is 11.1. The fourth-order valence-electron chi connectivity index (χ4n) is 3.42.